The van der Waals surface area contributed by atoms with Crippen molar-refractivity contribution in [3.05, 3.63) is 10.6 Å². The van der Waals surface area contributed by atoms with Crippen LogP contribution >= 0.6 is 11.3 Å². The molecule has 0 unspecified atom stereocenters. The van der Waals surface area contributed by atoms with Crippen molar-refractivity contribution in [2.45, 2.75) is 58.8 Å². The molecule has 124 valence electrons. The summed E-state index contributed by atoms with van der Waals surface area (Å²) in [7, 11) is 3.41. The van der Waals surface area contributed by atoms with Gasteiger partial charge in [0.15, 0.2) is 5.13 Å². The number of nitrogens with one attached hydrogen (secondary N) is 1. The highest BCUT2D eigenvalue weighted by molar-refractivity contribution is 7.17. The number of carbonyl (C=O) groups is 2. The van der Waals surface area contributed by atoms with E-state index in [4.69, 9.17) is 0 Å². The first-order chi connectivity index (χ1) is 10.5. The maximum Gasteiger partial charge on any atom is 0.265 e. The van der Waals surface area contributed by atoms with Gasteiger partial charge in [0.1, 0.15) is 4.88 Å². The second-order valence-electron chi connectivity index (χ2n) is 5.70. The van der Waals surface area contributed by atoms with Gasteiger partial charge in [-0.3, -0.25) is 9.59 Å². The quantitative estimate of drug-likeness (QED) is 0.702. The Morgan fingerprint density at radius 3 is 2.41 bits per heavy atom. The average Bonchev–Trinajstić information content (AvgIpc) is 2.82. The van der Waals surface area contributed by atoms with Gasteiger partial charge in [0.25, 0.3) is 5.91 Å². The van der Waals surface area contributed by atoms with Crippen LogP contribution in [0.4, 0.5) is 5.13 Å². The van der Waals surface area contributed by atoms with Crippen LogP contribution in [0, 0.1) is 6.92 Å². The van der Waals surface area contributed by atoms with Gasteiger partial charge in [0.2, 0.25) is 5.91 Å². The minimum atomic E-state index is -0.0774. The van der Waals surface area contributed by atoms with Crippen LogP contribution in [-0.2, 0) is 4.79 Å². The summed E-state index contributed by atoms with van der Waals surface area (Å²) >= 11 is 1.24. The lowest BCUT2D eigenvalue weighted by Gasteiger charge is -2.07. The van der Waals surface area contributed by atoms with E-state index in [2.05, 4.69) is 17.2 Å². The molecule has 0 aromatic carbocycles. The number of thiazole rings is 1. The van der Waals surface area contributed by atoms with Crippen molar-refractivity contribution >= 4 is 28.3 Å². The number of aromatic nitrogens is 1. The molecule has 1 aromatic rings. The maximum atomic E-state index is 11.9. The molecule has 22 heavy (non-hydrogen) atoms. The highest BCUT2D eigenvalue weighted by Gasteiger charge is 2.17. The Hall–Kier alpha value is -1.43. The van der Waals surface area contributed by atoms with Crippen LogP contribution in [0.25, 0.3) is 0 Å². The van der Waals surface area contributed by atoms with E-state index in [-0.39, 0.29) is 11.8 Å². The summed E-state index contributed by atoms with van der Waals surface area (Å²) in [6.45, 7) is 3.98. The molecule has 1 aromatic heterocycles. The predicted molar refractivity (Wildman–Crippen MR) is 91.5 cm³/mol. The zero-order chi connectivity index (χ0) is 16.5. The molecule has 0 bridgehead atoms. The molecule has 0 radical (unpaired) electrons. The molecule has 0 aliphatic heterocycles. The van der Waals surface area contributed by atoms with Crippen molar-refractivity contribution < 1.29 is 9.59 Å². The smallest absolute Gasteiger partial charge is 0.265 e. The van der Waals surface area contributed by atoms with Gasteiger partial charge < -0.3 is 10.2 Å². The normalized spacial score (nSPS) is 10.5. The van der Waals surface area contributed by atoms with E-state index in [0.29, 0.717) is 22.1 Å². The lowest BCUT2D eigenvalue weighted by Crippen LogP contribution is -2.21. The van der Waals surface area contributed by atoms with Gasteiger partial charge in [-0.1, -0.05) is 50.4 Å². The molecule has 5 nitrogen and oxygen atoms in total. The third-order valence-corrected chi connectivity index (χ3v) is 4.46. The highest BCUT2D eigenvalue weighted by atomic mass is 32.1. The molecular weight excluding hydrogens is 298 g/mol. The first kappa shape index (κ1) is 18.6. The van der Waals surface area contributed by atoms with Crippen LogP contribution in [0.2, 0.25) is 0 Å². The summed E-state index contributed by atoms with van der Waals surface area (Å²) in [6, 6.07) is 0. The molecule has 1 rings (SSSR count). The van der Waals surface area contributed by atoms with Gasteiger partial charge in [-0.05, 0) is 13.3 Å². The zero-order valence-electron chi connectivity index (χ0n) is 14.1. The van der Waals surface area contributed by atoms with Crippen molar-refractivity contribution in [1.29, 1.82) is 0 Å². The van der Waals surface area contributed by atoms with Crippen LogP contribution in [0.1, 0.15) is 67.2 Å². The Morgan fingerprint density at radius 2 is 1.77 bits per heavy atom. The third-order valence-electron chi connectivity index (χ3n) is 3.40. The number of carbonyl (C=O) groups excluding carboxylic acids is 2. The molecule has 0 spiro atoms. The molecule has 6 heteroatoms. The van der Waals surface area contributed by atoms with E-state index in [0.717, 1.165) is 12.8 Å². The Labute approximate surface area is 137 Å². The minimum absolute atomic E-state index is 0.0203. The summed E-state index contributed by atoms with van der Waals surface area (Å²) in [5, 5.41) is 3.31. The maximum absolute atomic E-state index is 11.9. The van der Waals surface area contributed by atoms with Gasteiger partial charge >= 0.3 is 0 Å². The number of hydrogen-bond donors (Lipinski definition) is 1. The number of rotatable bonds is 9. The first-order valence-corrected chi connectivity index (χ1v) is 8.76. The van der Waals surface area contributed by atoms with Gasteiger partial charge in [-0.2, -0.15) is 0 Å². The van der Waals surface area contributed by atoms with Crippen LogP contribution in [0.3, 0.4) is 0 Å². The summed E-state index contributed by atoms with van der Waals surface area (Å²) < 4.78 is 0. The van der Waals surface area contributed by atoms with Crippen LogP contribution in [-0.4, -0.2) is 35.8 Å². The molecule has 0 saturated carbocycles. The molecule has 1 heterocycles. The summed E-state index contributed by atoms with van der Waals surface area (Å²) in [5.41, 5.74) is 0.665. The van der Waals surface area contributed by atoms with Crippen molar-refractivity contribution in [2.24, 2.45) is 0 Å². The molecule has 0 atom stereocenters. The van der Waals surface area contributed by atoms with E-state index in [1.165, 1.54) is 41.9 Å². The number of unbranched alkanes of at least 4 members (excludes halogenated alkanes) is 5. The van der Waals surface area contributed by atoms with Gasteiger partial charge in [0.05, 0.1) is 5.69 Å². The predicted octanol–water partition coefficient (Wildman–Crippen LogP) is 3.84. The zero-order valence-corrected chi connectivity index (χ0v) is 14.9. The lowest BCUT2D eigenvalue weighted by molar-refractivity contribution is -0.116. The minimum Gasteiger partial charge on any atom is -0.344 e. The Kier molecular flexibility index (Phi) is 8.09. The van der Waals surface area contributed by atoms with E-state index in [9.17, 15) is 9.59 Å². The Balaban J connectivity index is 2.39. The van der Waals surface area contributed by atoms with Crippen molar-refractivity contribution in [3.63, 3.8) is 0 Å². The molecule has 0 saturated heterocycles. The van der Waals surface area contributed by atoms with E-state index in [1.807, 2.05) is 0 Å². The fourth-order valence-corrected chi connectivity index (χ4v) is 3.10. The molecule has 0 aliphatic carbocycles. The third kappa shape index (κ3) is 6.13. The van der Waals surface area contributed by atoms with Gasteiger partial charge in [-0.15, -0.1) is 0 Å². The average molecular weight is 325 g/mol. The van der Waals surface area contributed by atoms with E-state index < -0.39 is 0 Å². The number of nitrogens with zero attached hydrogens (tertiary/aromatic N) is 2. The first-order valence-electron chi connectivity index (χ1n) is 7.94. The molecule has 1 N–H and O–H groups in total. The fourth-order valence-electron chi connectivity index (χ4n) is 2.10. The topological polar surface area (TPSA) is 62.3 Å². The van der Waals surface area contributed by atoms with Crippen molar-refractivity contribution in [1.82, 2.24) is 9.88 Å². The van der Waals surface area contributed by atoms with Crippen LogP contribution in [0.5, 0.6) is 0 Å². The number of hydrogen-bond acceptors (Lipinski definition) is 4. The number of amides is 2. The van der Waals surface area contributed by atoms with E-state index in [1.54, 1.807) is 21.0 Å². The Morgan fingerprint density at radius 1 is 1.14 bits per heavy atom. The summed E-state index contributed by atoms with van der Waals surface area (Å²) in [6.07, 6.45) is 7.46. The standard InChI is InChI=1S/C16H27N3O2S/c1-5-6-7-8-9-10-11-13(20)18-16-17-12(2)14(22-16)15(21)19(3)4/h5-11H2,1-4H3,(H,17,18,20). The second kappa shape index (κ2) is 9.56. The number of aryl methyl sites for hydroxylation is 1. The summed E-state index contributed by atoms with van der Waals surface area (Å²) in [4.78, 5) is 30.2. The summed E-state index contributed by atoms with van der Waals surface area (Å²) in [5.74, 6) is -0.0977. The molecule has 0 aliphatic rings. The molecule has 2 amide bonds. The van der Waals surface area contributed by atoms with Crippen LogP contribution < -0.4 is 5.32 Å². The largest absolute Gasteiger partial charge is 0.344 e. The SMILES string of the molecule is CCCCCCCCC(=O)Nc1nc(C)c(C(=O)N(C)C)s1. The van der Waals surface area contributed by atoms with Crippen molar-refractivity contribution in [2.75, 3.05) is 19.4 Å². The van der Waals surface area contributed by atoms with Gasteiger partial charge in [0, 0.05) is 20.5 Å². The van der Waals surface area contributed by atoms with E-state index >= 15 is 0 Å². The van der Waals surface area contributed by atoms with Crippen molar-refractivity contribution in [3.8, 4) is 0 Å². The molecule has 0 fully saturated rings. The Bertz CT molecular complexity index is 498. The monoisotopic (exact) mass is 325 g/mol. The highest BCUT2D eigenvalue weighted by Crippen LogP contribution is 2.23. The van der Waals surface area contributed by atoms with Gasteiger partial charge in [-0.25, -0.2) is 4.98 Å². The molecular formula is C16H27N3O2S. The fraction of sp³-hybridized carbons (Fsp3) is 0.688. The second-order valence-corrected chi connectivity index (χ2v) is 6.70. The number of anilines is 1. The lowest BCUT2D eigenvalue weighted by atomic mass is 10.1. The van der Waals surface area contributed by atoms with Crippen LogP contribution in [0.15, 0.2) is 0 Å².